The first-order valence-electron chi connectivity index (χ1n) is 6.46. The Labute approximate surface area is 126 Å². The summed E-state index contributed by atoms with van der Waals surface area (Å²) in [5.41, 5.74) is 6.26. The lowest BCUT2D eigenvalue weighted by atomic mass is 10.1. The number of hydrogen-bond donors (Lipinski definition) is 2. The number of carbonyl (C=O) groups excluding carboxylic acids is 1. The molecule has 0 heterocycles. The molecule has 2 aromatic carbocycles. The number of nitro benzene ring substituents is 1. The second-order valence-electron chi connectivity index (χ2n) is 4.56. The van der Waals surface area contributed by atoms with Gasteiger partial charge in [0.15, 0.2) is 0 Å². The maximum Gasteiger partial charge on any atom is 0.293 e. The van der Waals surface area contributed by atoms with Crippen molar-refractivity contribution in [3.05, 3.63) is 63.7 Å². The molecule has 2 aromatic rings. The zero-order valence-corrected chi connectivity index (χ0v) is 11.9. The smallest absolute Gasteiger partial charge is 0.293 e. The Kier molecular flexibility index (Phi) is 4.57. The molecule has 3 N–H and O–H groups in total. The summed E-state index contributed by atoms with van der Waals surface area (Å²) in [7, 11) is 1.57. The Bertz CT molecular complexity index is 716. The van der Waals surface area contributed by atoms with Crippen LogP contribution in [-0.2, 0) is 6.54 Å². The van der Waals surface area contributed by atoms with Crippen molar-refractivity contribution in [3.8, 4) is 5.75 Å². The highest BCUT2D eigenvalue weighted by molar-refractivity contribution is 5.94. The second kappa shape index (κ2) is 6.57. The van der Waals surface area contributed by atoms with E-state index in [9.17, 15) is 14.9 Å². The van der Waals surface area contributed by atoms with Crippen LogP contribution in [0.2, 0.25) is 0 Å². The number of hydrogen-bond acceptors (Lipinski definition) is 5. The molecule has 22 heavy (non-hydrogen) atoms. The van der Waals surface area contributed by atoms with E-state index < -0.39 is 10.8 Å². The van der Waals surface area contributed by atoms with Crippen molar-refractivity contribution in [3.63, 3.8) is 0 Å². The summed E-state index contributed by atoms with van der Waals surface area (Å²) in [6.45, 7) is 0.383. The summed E-state index contributed by atoms with van der Waals surface area (Å²) in [5, 5.41) is 14.1. The highest BCUT2D eigenvalue weighted by Gasteiger charge is 2.16. The Morgan fingerprint density at radius 1 is 1.32 bits per heavy atom. The molecule has 114 valence electrons. The van der Waals surface area contributed by atoms with Crippen LogP contribution in [-0.4, -0.2) is 17.9 Å². The second-order valence-corrected chi connectivity index (χ2v) is 4.56. The van der Waals surface area contributed by atoms with Gasteiger partial charge in [-0.15, -0.1) is 0 Å². The molecule has 0 saturated heterocycles. The molecule has 0 aliphatic heterocycles. The molecule has 7 heteroatoms. The molecular formula is C15H15N3O4. The third kappa shape index (κ3) is 3.51. The highest BCUT2D eigenvalue weighted by Crippen LogP contribution is 2.26. The van der Waals surface area contributed by atoms with E-state index in [1.807, 2.05) is 24.3 Å². The van der Waals surface area contributed by atoms with Crippen molar-refractivity contribution in [2.75, 3.05) is 12.4 Å². The van der Waals surface area contributed by atoms with Gasteiger partial charge in [-0.2, -0.15) is 0 Å². The lowest BCUT2D eigenvalue weighted by molar-refractivity contribution is -0.384. The van der Waals surface area contributed by atoms with E-state index in [1.165, 1.54) is 12.1 Å². The summed E-state index contributed by atoms with van der Waals surface area (Å²) in [5.74, 6) is 0.000298. The van der Waals surface area contributed by atoms with Gasteiger partial charge in [-0.1, -0.05) is 12.1 Å². The highest BCUT2D eigenvalue weighted by atomic mass is 16.6. The largest absolute Gasteiger partial charge is 0.497 e. The third-order valence-corrected chi connectivity index (χ3v) is 3.10. The number of nitrogens with one attached hydrogen (secondary N) is 1. The first-order valence-corrected chi connectivity index (χ1v) is 6.46. The lowest BCUT2D eigenvalue weighted by Gasteiger charge is -2.09. The van der Waals surface area contributed by atoms with Crippen LogP contribution >= 0.6 is 0 Å². The molecule has 0 saturated carbocycles. The number of benzene rings is 2. The van der Waals surface area contributed by atoms with Crippen molar-refractivity contribution in [1.29, 1.82) is 0 Å². The van der Waals surface area contributed by atoms with Gasteiger partial charge in [0.2, 0.25) is 5.91 Å². The predicted octanol–water partition coefficient (Wildman–Crippen LogP) is 2.31. The van der Waals surface area contributed by atoms with E-state index in [1.54, 1.807) is 7.11 Å². The Morgan fingerprint density at radius 2 is 2.09 bits per heavy atom. The van der Waals surface area contributed by atoms with Crippen LogP contribution in [0.3, 0.4) is 0 Å². The summed E-state index contributed by atoms with van der Waals surface area (Å²) in [6, 6.07) is 11.4. The predicted molar refractivity (Wildman–Crippen MR) is 81.9 cm³/mol. The molecule has 0 unspecified atom stereocenters. The van der Waals surface area contributed by atoms with Crippen LogP contribution < -0.4 is 15.8 Å². The quantitative estimate of drug-likeness (QED) is 0.629. The minimum absolute atomic E-state index is 0.0960. The van der Waals surface area contributed by atoms with E-state index >= 15 is 0 Å². The average Bonchev–Trinajstić information content (AvgIpc) is 2.52. The summed E-state index contributed by atoms with van der Waals surface area (Å²) in [6.07, 6.45) is 0. The third-order valence-electron chi connectivity index (χ3n) is 3.10. The van der Waals surface area contributed by atoms with E-state index in [0.29, 0.717) is 18.0 Å². The van der Waals surface area contributed by atoms with Gasteiger partial charge in [0.05, 0.1) is 12.0 Å². The Hall–Kier alpha value is -3.09. The molecule has 0 spiro atoms. The summed E-state index contributed by atoms with van der Waals surface area (Å²) >= 11 is 0. The molecule has 0 aliphatic carbocycles. The summed E-state index contributed by atoms with van der Waals surface area (Å²) in [4.78, 5) is 21.6. The zero-order valence-electron chi connectivity index (χ0n) is 11.9. The van der Waals surface area contributed by atoms with E-state index in [2.05, 4.69) is 5.32 Å². The van der Waals surface area contributed by atoms with E-state index in [-0.39, 0.29) is 11.3 Å². The molecular weight excluding hydrogens is 286 g/mol. The monoisotopic (exact) mass is 301 g/mol. The van der Waals surface area contributed by atoms with Gasteiger partial charge in [-0.25, -0.2) is 0 Å². The number of anilines is 1. The first-order chi connectivity index (χ1) is 10.5. The van der Waals surface area contributed by atoms with Crippen LogP contribution in [0.5, 0.6) is 5.75 Å². The maximum atomic E-state index is 11.1. The van der Waals surface area contributed by atoms with Gasteiger partial charge in [0.25, 0.3) is 5.69 Å². The molecule has 2 rings (SSSR count). The maximum absolute atomic E-state index is 11.1. The number of nitrogens with zero attached hydrogens (tertiary/aromatic N) is 1. The van der Waals surface area contributed by atoms with Crippen LogP contribution in [0.4, 0.5) is 11.4 Å². The van der Waals surface area contributed by atoms with Crippen molar-refractivity contribution >= 4 is 17.3 Å². The average molecular weight is 301 g/mol. The number of carbonyl (C=O) groups is 1. The van der Waals surface area contributed by atoms with Gasteiger partial charge >= 0.3 is 0 Å². The molecule has 1 amide bonds. The molecule has 0 aromatic heterocycles. The Balaban J connectivity index is 2.21. The number of nitrogens with two attached hydrogens (primary N) is 1. The van der Waals surface area contributed by atoms with Crippen LogP contribution in [0.25, 0.3) is 0 Å². The van der Waals surface area contributed by atoms with Gasteiger partial charge in [-0.3, -0.25) is 14.9 Å². The van der Waals surface area contributed by atoms with Crippen molar-refractivity contribution in [2.24, 2.45) is 5.73 Å². The topological polar surface area (TPSA) is 107 Å². The van der Waals surface area contributed by atoms with Crippen LogP contribution in [0, 0.1) is 10.1 Å². The fraction of sp³-hybridized carbons (Fsp3) is 0.133. The fourth-order valence-corrected chi connectivity index (χ4v) is 1.97. The van der Waals surface area contributed by atoms with Crippen LogP contribution in [0.1, 0.15) is 15.9 Å². The van der Waals surface area contributed by atoms with Gasteiger partial charge in [0.1, 0.15) is 11.4 Å². The SMILES string of the molecule is COc1cccc(CNc2ccc(C(N)=O)cc2[N+](=O)[O-])c1. The molecule has 0 bridgehead atoms. The Morgan fingerprint density at radius 3 is 2.73 bits per heavy atom. The molecule has 0 atom stereocenters. The molecule has 0 radical (unpaired) electrons. The number of primary amides is 1. The number of amides is 1. The molecule has 7 nitrogen and oxygen atoms in total. The lowest BCUT2D eigenvalue weighted by Crippen LogP contribution is -2.12. The standard InChI is InChI=1S/C15H15N3O4/c1-22-12-4-2-3-10(7-12)9-17-13-6-5-11(15(16)19)8-14(13)18(20)21/h2-8,17H,9H2,1H3,(H2,16,19). The zero-order chi connectivity index (χ0) is 16.1. The number of methoxy groups -OCH3 is 1. The van der Waals surface area contributed by atoms with Crippen molar-refractivity contribution < 1.29 is 14.5 Å². The number of nitro groups is 1. The minimum atomic E-state index is -0.706. The van der Waals surface area contributed by atoms with Crippen molar-refractivity contribution in [1.82, 2.24) is 0 Å². The summed E-state index contributed by atoms with van der Waals surface area (Å²) < 4.78 is 5.12. The fourth-order valence-electron chi connectivity index (χ4n) is 1.97. The molecule has 0 aliphatic rings. The minimum Gasteiger partial charge on any atom is -0.497 e. The van der Waals surface area contributed by atoms with Gasteiger partial charge in [0, 0.05) is 18.2 Å². The van der Waals surface area contributed by atoms with E-state index in [4.69, 9.17) is 10.5 Å². The number of rotatable bonds is 6. The van der Waals surface area contributed by atoms with Crippen LogP contribution in [0.15, 0.2) is 42.5 Å². The van der Waals surface area contributed by atoms with Gasteiger partial charge in [-0.05, 0) is 29.8 Å². The number of ether oxygens (including phenoxy) is 1. The van der Waals surface area contributed by atoms with Gasteiger partial charge < -0.3 is 15.8 Å². The normalized spacial score (nSPS) is 10.0. The van der Waals surface area contributed by atoms with E-state index in [0.717, 1.165) is 11.6 Å². The first kappa shape index (κ1) is 15.3. The van der Waals surface area contributed by atoms with Crippen molar-refractivity contribution in [2.45, 2.75) is 6.54 Å². The molecule has 0 fully saturated rings.